The third kappa shape index (κ3) is 3.72. The van der Waals surface area contributed by atoms with E-state index in [1.165, 1.54) is 11.8 Å². The van der Waals surface area contributed by atoms with Crippen LogP contribution in [0.2, 0.25) is 5.02 Å². The van der Waals surface area contributed by atoms with Crippen LogP contribution in [-0.2, 0) is 0 Å². The van der Waals surface area contributed by atoms with Crippen LogP contribution in [0.1, 0.15) is 30.0 Å². The van der Waals surface area contributed by atoms with Gasteiger partial charge in [-0.15, -0.1) is 10.2 Å². The molecule has 0 aliphatic rings. The van der Waals surface area contributed by atoms with E-state index in [1.54, 1.807) is 6.92 Å². The van der Waals surface area contributed by atoms with Crippen LogP contribution >= 0.6 is 23.4 Å². The van der Waals surface area contributed by atoms with Crippen molar-refractivity contribution in [1.82, 2.24) is 10.2 Å². The fraction of sp³-hybridized carbons (Fsp3) is 0.385. The van der Waals surface area contributed by atoms with E-state index >= 15 is 0 Å². The predicted octanol–water partition coefficient (Wildman–Crippen LogP) is 3.60. The number of rotatable bonds is 5. The molecule has 1 aromatic heterocycles. The fourth-order valence-electron chi connectivity index (χ4n) is 1.73. The van der Waals surface area contributed by atoms with Crippen LogP contribution in [0, 0.1) is 6.92 Å². The molecule has 0 aliphatic heterocycles. The normalized spacial score (nSPS) is 14.3. The van der Waals surface area contributed by atoms with Crippen molar-refractivity contribution in [3.63, 3.8) is 0 Å². The molecule has 102 valence electrons. The Morgan fingerprint density at radius 3 is 2.79 bits per heavy atom. The zero-order chi connectivity index (χ0) is 13.8. The molecule has 4 nitrogen and oxygen atoms in total. The third-order valence-electron chi connectivity index (χ3n) is 2.77. The Kier molecular flexibility index (Phi) is 4.85. The summed E-state index contributed by atoms with van der Waals surface area (Å²) in [5.74, 6) is 0.553. The average Bonchev–Trinajstić information content (AvgIpc) is 2.80. The molecule has 2 unspecified atom stereocenters. The number of nitrogens with zero attached hydrogens (tertiary/aromatic N) is 2. The Morgan fingerprint density at radius 1 is 1.42 bits per heavy atom. The van der Waals surface area contributed by atoms with Crippen molar-refractivity contribution in [2.75, 3.05) is 0 Å². The second-order valence-electron chi connectivity index (χ2n) is 4.25. The molecule has 19 heavy (non-hydrogen) atoms. The lowest BCUT2D eigenvalue weighted by Gasteiger charge is -2.21. The molecule has 1 heterocycles. The summed E-state index contributed by atoms with van der Waals surface area (Å²) >= 11 is 7.52. The van der Waals surface area contributed by atoms with Crippen LogP contribution in [0.3, 0.4) is 0 Å². The van der Waals surface area contributed by atoms with Gasteiger partial charge < -0.3 is 10.2 Å². The minimum absolute atomic E-state index is 0.00401. The molecule has 0 saturated carbocycles. The van der Waals surface area contributed by atoms with Crippen LogP contribution in [-0.4, -0.2) is 16.2 Å². The van der Waals surface area contributed by atoms with Gasteiger partial charge in [-0.3, -0.25) is 0 Å². The molecular weight excluding hydrogens is 282 g/mol. The van der Waals surface area contributed by atoms with Crippen LogP contribution in [0.5, 0.6) is 0 Å². The molecule has 0 radical (unpaired) electrons. The molecular formula is C13H16ClN3OS. The van der Waals surface area contributed by atoms with Crippen LogP contribution < -0.4 is 5.73 Å². The molecule has 0 saturated heterocycles. The van der Waals surface area contributed by atoms with E-state index < -0.39 is 0 Å². The zero-order valence-electron chi connectivity index (χ0n) is 10.8. The number of halogens is 1. The van der Waals surface area contributed by atoms with Gasteiger partial charge in [0.15, 0.2) is 0 Å². The monoisotopic (exact) mass is 297 g/mol. The van der Waals surface area contributed by atoms with Crippen LogP contribution in [0.4, 0.5) is 0 Å². The predicted molar refractivity (Wildman–Crippen MR) is 77.4 cm³/mol. The van der Waals surface area contributed by atoms with Gasteiger partial charge in [-0.1, -0.05) is 42.4 Å². The Balaban J connectivity index is 2.25. The number of nitrogens with two attached hydrogens (primary N) is 1. The second-order valence-corrected chi connectivity index (χ2v) is 5.78. The van der Waals surface area contributed by atoms with Crippen molar-refractivity contribution in [2.24, 2.45) is 5.73 Å². The summed E-state index contributed by atoms with van der Waals surface area (Å²) in [7, 11) is 0. The topological polar surface area (TPSA) is 64.9 Å². The number of hydrogen-bond acceptors (Lipinski definition) is 5. The lowest BCUT2D eigenvalue weighted by atomic mass is 10.0. The minimum Gasteiger partial charge on any atom is -0.416 e. The molecule has 2 rings (SSSR count). The standard InChI is InChI=1S/C13H16ClN3OS/c1-3-11(15)12(9-5-4-6-10(14)7-9)19-13-17-16-8(2)18-13/h4-7,11-12H,3,15H2,1-2H3. The molecule has 2 atom stereocenters. The summed E-state index contributed by atoms with van der Waals surface area (Å²) in [6.45, 7) is 3.83. The highest BCUT2D eigenvalue weighted by atomic mass is 35.5. The lowest BCUT2D eigenvalue weighted by Crippen LogP contribution is -2.25. The molecule has 6 heteroatoms. The van der Waals surface area contributed by atoms with Crippen LogP contribution in [0.25, 0.3) is 0 Å². The maximum absolute atomic E-state index is 6.20. The Hall–Kier alpha value is -1.04. The average molecular weight is 298 g/mol. The van der Waals surface area contributed by atoms with Gasteiger partial charge in [-0.05, 0) is 24.1 Å². The third-order valence-corrected chi connectivity index (χ3v) is 4.25. The smallest absolute Gasteiger partial charge is 0.277 e. The summed E-state index contributed by atoms with van der Waals surface area (Å²) in [6, 6.07) is 7.71. The summed E-state index contributed by atoms with van der Waals surface area (Å²) in [6.07, 6.45) is 0.858. The first-order chi connectivity index (χ1) is 9.10. The Morgan fingerprint density at radius 2 is 2.21 bits per heavy atom. The Bertz CT molecular complexity index is 546. The molecule has 2 N–H and O–H groups in total. The number of thioether (sulfide) groups is 1. The highest BCUT2D eigenvalue weighted by Gasteiger charge is 2.22. The molecule has 2 aromatic rings. The fourth-order valence-corrected chi connectivity index (χ4v) is 3.06. The van der Waals surface area contributed by atoms with Gasteiger partial charge in [0.1, 0.15) is 0 Å². The highest BCUT2D eigenvalue weighted by Crippen LogP contribution is 2.38. The van der Waals surface area contributed by atoms with E-state index in [0.717, 1.165) is 12.0 Å². The lowest BCUT2D eigenvalue weighted by molar-refractivity contribution is 0.427. The maximum atomic E-state index is 6.20. The highest BCUT2D eigenvalue weighted by molar-refractivity contribution is 7.99. The van der Waals surface area contributed by atoms with E-state index in [9.17, 15) is 0 Å². The van der Waals surface area contributed by atoms with Gasteiger partial charge in [0.2, 0.25) is 5.89 Å². The first kappa shape index (κ1) is 14.4. The van der Waals surface area contributed by atoms with Gasteiger partial charge in [0.25, 0.3) is 5.22 Å². The van der Waals surface area contributed by atoms with Gasteiger partial charge in [0.05, 0.1) is 5.25 Å². The SMILES string of the molecule is CCC(N)C(Sc1nnc(C)o1)c1cccc(Cl)c1. The number of benzene rings is 1. The van der Waals surface area contributed by atoms with E-state index in [1.807, 2.05) is 24.3 Å². The van der Waals surface area contributed by atoms with Gasteiger partial charge in [0, 0.05) is 18.0 Å². The molecule has 0 fully saturated rings. The van der Waals surface area contributed by atoms with Gasteiger partial charge in [-0.2, -0.15) is 0 Å². The van der Waals surface area contributed by atoms with E-state index in [-0.39, 0.29) is 11.3 Å². The van der Waals surface area contributed by atoms with Gasteiger partial charge >= 0.3 is 0 Å². The first-order valence-electron chi connectivity index (χ1n) is 6.08. The molecule has 0 amide bonds. The summed E-state index contributed by atoms with van der Waals surface area (Å²) < 4.78 is 5.41. The van der Waals surface area contributed by atoms with Crippen molar-refractivity contribution in [3.05, 3.63) is 40.7 Å². The molecule has 0 aliphatic carbocycles. The van der Waals surface area contributed by atoms with Crippen molar-refractivity contribution in [2.45, 2.75) is 36.8 Å². The Labute approximate surface area is 121 Å². The van der Waals surface area contributed by atoms with E-state index in [2.05, 4.69) is 17.1 Å². The van der Waals surface area contributed by atoms with Crippen molar-refractivity contribution in [1.29, 1.82) is 0 Å². The summed E-state index contributed by atoms with van der Waals surface area (Å²) in [4.78, 5) is 0. The maximum Gasteiger partial charge on any atom is 0.277 e. The number of aromatic nitrogens is 2. The summed E-state index contributed by atoms with van der Waals surface area (Å²) in [5.41, 5.74) is 7.27. The molecule has 0 bridgehead atoms. The summed E-state index contributed by atoms with van der Waals surface area (Å²) in [5, 5.41) is 9.12. The van der Waals surface area contributed by atoms with Gasteiger partial charge in [-0.25, -0.2) is 0 Å². The second kappa shape index (κ2) is 6.41. The van der Waals surface area contributed by atoms with Crippen molar-refractivity contribution in [3.8, 4) is 0 Å². The molecule has 0 spiro atoms. The van der Waals surface area contributed by atoms with E-state index in [4.69, 9.17) is 21.8 Å². The first-order valence-corrected chi connectivity index (χ1v) is 7.33. The quantitative estimate of drug-likeness (QED) is 0.854. The molecule has 1 aromatic carbocycles. The number of aryl methyl sites for hydroxylation is 1. The largest absolute Gasteiger partial charge is 0.416 e. The number of hydrogen-bond donors (Lipinski definition) is 1. The van der Waals surface area contributed by atoms with Crippen molar-refractivity contribution < 1.29 is 4.42 Å². The van der Waals surface area contributed by atoms with Crippen molar-refractivity contribution >= 4 is 23.4 Å². The zero-order valence-corrected chi connectivity index (χ0v) is 12.4. The van der Waals surface area contributed by atoms with E-state index in [0.29, 0.717) is 16.1 Å². The minimum atomic E-state index is -0.00401. The van der Waals surface area contributed by atoms with Crippen LogP contribution in [0.15, 0.2) is 33.9 Å².